The van der Waals surface area contributed by atoms with Crippen LogP contribution in [0.1, 0.15) is 51.9 Å². The van der Waals surface area contributed by atoms with Crippen LogP contribution in [0.5, 0.6) is 0 Å². The van der Waals surface area contributed by atoms with Gasteiger partial charge in [0.2, 0.25) is 0 Å². The van der Waals surface area contributed by atoms with Crippen molar-refractivity contribution in [2.24, 2.45) is 23.2 Å². The fourth-order valence-corrected chi connectivity index (χ4v) is 5.19. The Labute approximate surface area is 122 Å². The molecule has 3 heteroatoms. The first kappa shape index (κ1) is 14.2. The molecule has 0 aromatic heterocycles. The summed E-state index contributed by atoms with van der Waals surface area (Å²) in [6, 6.07) is 0. The third-order valence-electron chi connectivity index (χ3n) is 6.09. The zero-order chi connectivity index (χ0) is 14.3. The molecule has 20 heavy (non-hydrogen) atoms. The van der Waals surface area contributed by atoms with Gasteiger partial charge < -0.3 is 4.90 Å². The third-order valence-corrected chi connectivity index (χ3v) is 6.09. The summed E-state index contributed by atoms with van der Waals surface area (Å²) in [5, 5.41) is 0. The minimum absolute atomic E-state index is 0.0407. The van der Waals surface area contributed by atoms with E-state index in [2.05, 4.69) is 18.9 Å². The Morgan fingerprint density at radius 2 is 1.90 bits per heavy atom. The zero-order valence-electron chi connectivity index (χ0n) is 12.9. The smallest absolute Gasteiger partial charge is 0.140 e. The molecule has 2 saturated carbocycles. The predicted molar refractivity (Wildman–Crippen MR) is 78.4 cm³/mol. The summed E-state index contributed by atoms with van der Waals surface area (Å²) in [5.41, 5.74) is -0.269. The molecule has 0 aromatic carbocycles. The molecule has 4 atom stereocenters. The van der Waals surface area contributed by atoms with Gasteiger partial charge in [-0.2, -0.15) is 0 Å². The zero-order valence-corrected chi connectivity index (χ0v) is 12.9. The van der Waals surface area contributed by atoms with Crippen LogP contribution in [0.3, 0.4) is 0 Å². The van der Waals surface area contributed by atoms with Gasteiger partial charge in [0.15, 0.2) is 0 Å². The van der Waals surface area contributed by atoms with Crippen LogP contribution in [0.25, 0.3) is 0 Å². The van der Waals surface area contributed by atoms with Crippen LogP contribution < -0.4 is 0 Å². The van der Waals surface area contributed by atoms with Gasteiger partial charge in [-0.15, -0.1) is 0 Å². The van der Waals surface area contributed by atoms with E-state index in [1.54, 1.807) is 0 Å². The topological polar surface area (TPSA) is 37.4 Å². The van der Waals surface area contributed by atoms with E-state index < -0.39 is 0 Å². The largest absolute Gasteiger partial charge is 0.306 e. The minimum atomic E-state index is -0.269. The van der Waals surface area contributed by atoms with E-state index in [0.29, 0.717) is 36.2 Å². The average molecular weight is 277 g/mol. The van der Waals surface area contributed by atoms with E-state index in [1.165, 1.54) is 0 Å². The van der Waals surface area contributed by atoms with E-state index in [4.69, 9.17) is 0 Å². The molecule has 1 heterocycles. The fourth-order valence-electron chi connectivity index (χ4n) is 5.19. The van der Waals surface area contributed by atoms with Gasteiger partial charge in [0, 0.05) is 24.2 Å². The van der Waals surface area contributed by atoms with E-state index in [1.807, 2.05) is 0 Å². The molecule has 0 aromatic rings. The van der Waals surface area contributed by atoms with Crippen LogP contribution in [0.15, 0.2) is 0 Å². The summed E-state index contributed by atoms with van der Waals surface area (Å²) in [6.07, 6.45) is 6.47. The van der Waals surface area contributed by atoms with Gasteiger partial charge >= 0.3 is 0 Å². The Morgan fingerprint density at radius 3 is 2.70 bits per heavy atom. The van der Waals surface area contributed by atoms with Crippen molar-refractivity contribution >= 4 is 11.6 Å². The molecule has 2 aliphatic carbocycles. The second kappa shape index (κ2) is 5.25. The normalized spacial score (nSPS) is 43.4. The van der Waals surface area contributed by atoms with Crippen molar-refractivity contribution in [1.29, 1.82) is 0 Å². The molecule has 0 N–H and O–H groups in total. The summed E-state index contributed by atoms with van der Waals surface area (Å²) < 4.78 is 0. The van der Waals surface area contributed by atoms with Gasteiger partial charge in [-0.3, -0.25) is 9.59 Å². The van der Waals surface area contributed by atoms with Crippen LogP contribution in [-0.4, -0.2) is 36.6 Å². The van der Waals surface area contributed by atoms with Crippen molar-refractivity contribution in [3.8, 4) is 0 Å². The Morgan fingerprint density at radius 1 is 1.15 bits per heavy atom. The maximum Gasteiger partial charge on any atom is 0.140 e. The first-order chi connectivity index (χ1) is 9.54. The van der Waals surface area contributed by atoms with E-state index in [-0.39, 0.29) is 11.3 Å². The summed E-state index contributed by atoms with van der Waals surface area (Å²) in [4.78, 5) is 27.8. The second-order valence-corrected chi connectivity index (χ2v) is 7.48. The first-order valence-corrected chi connectivity index (χ1v) is 8.28. The van der Waals surface area contributed by atoms with Crippen molar-refractivity contribution < 1.29 is 9.59 Å². The lowest BCUT2D eigenvalue weighted by Crippen LogP contribution is -2.45. The highest BCUT2D eigenvalue weighted by Crippen LogP contribution is 2.57. The first-order valence-electron chi connectivity index (χ1n) is 8.28. The lowest BCUT2D eigenvalue weighted by molar-refractivity contribution is -0.142. The Kier molecular flexibility index (Phi) is 3.74. The third kappa shape index (κ3) is 2.14. The molecule has 3 fully saturated rings. The van der Waals surface area contributed by atoms with E-state index in [0.717, 1.165) is 45.2 Å². The quantitative estimate of drug-likeness (QED) is 0.683. The highest BCUT2D eigenvalue weighted by atomic mass is 16.1. The van der Waals surface area contributed by atoms with Gasteiger partial charge in [-0.25, -0.2) is 0 Å². The number of rotatable bonds is 0. The number of hydrogen-bond donors (Lipinski definition) is 0. The van der Waals surface area contributed by atoms with Crippen LogP contribution >= 0.6 is 0 Å². The molecule has 0 bridgehead atoms. The summed E-state index contributed by atoms with van der Waals surface area (Å²) in [7, 11) is 2.16. The van der Waals surface area contributed by atoms with E-state index in [9.17, 15) is 9.59 Å². The number of ketones is 2. The Bertz CT molecular complexity index is 419. The van der Waals surface area contributed by atoms with Crippen LogP contribution in [-0.2, 0) is 9.59 Å². The SMILES string of the molecule is C[C@H]1CC(=O)[C@]23CCCN(C)CCC[C@@H]2C(=O)C[C@@H]3C1. The summed E-state index contributed by atoms with van der Waals surface area (Å²) in [6.45, 7) is 4.30. The van der Waals surface area contributed by atoms with Gasteiger partial charge in [-0.1, -0.05) is 6.92 Å². The van der Waals surface area contributed by atoms with Crippen molar-refractivity contribution in [1.82, 2.24) is 4.90 Å². The molecule has 3 aliphatic rings. The summed E-state index contributed by atoms with van der Waals surface area (Å²) >= 11 is 0. The molecule has 0 amide bonds. The number of hydrogen-bond acceptors (Lipinski definition) is 3. The second-order valence-electron chi connectivity index (χ2n) is 7.48. The molecule has 1 spiro atoms. The molecule has 3 rings (SSSR count). The molecule has 112 valence electrons. The molecule has 0 unspecified atom stereocenters. The van der Waals surface area contributed by atoms with Crippen LogP contribution in [0.4, 0.5) is 0 Å². The van der Waals surface area contributed by atoms with E-state index >= 15 is 0 Å². The maximum atomic E-state index is 12.9. The van der Waals surface area contributed by atoms with Gasteiger partial charge in [0.25, 0.3) is 0 Å². The predicted octanol–water partition coefficient (Wildman–Crippen LogP) is 2.68. The van der Waals surface area contributed by atoms with Gasteiger partial charge in [0.05, 0.1) is 0 Å². The highest BCUT2D eigenvalue weighted by Gasteiger charge is 2.59. The minimum Gasteiger partial charge on any atom is -0.306 e. The average Bonchev–Trinajstić information content (AvgIpc) is 2.67. The van der Waals surface area contributed by atoms with Crippen molar-refractivity contribution in [3.63, 3.8) is 0 Å². The maximum absolute atomic E-state index is 12.9. The van der Waals surface area contributed by atoms with Crippen molar-refractivity contribution in [3.05, 3.63) is 0 Å². The Balaban J connectivity index is 1.93. The lowest BCUT2D eigenvalue weighted by atomic mass is 9.58. The molecule has 1 aliphatic heterocycles. The number of carbonyl (C=O) groups excluding carboxylic acids is 2. The van der Waals surface area contributed by atoms with Crippen molar-refractivity contribution in [2.45, 2.75) is 51.9 Å². The standard InChI is InChI=1S/C17H27NO2/c1-12-9-13-11-15(19)14-5-3-7-18(2)8-4-6-17(13,14)16(20)10-12/h12-14H,3-11H2,1-2H3/t12-,13+,14-,17+/m1/s1. The van der Waals surface area contributed by atoms with Gasteiger partial charge in [0.1, 0.15) is 11.6 Å². The molecular weight excluding hydrogens is 250 g/mol. The highest BCUT2D eigenvalue weighted by molar-refractivity contribution is 5.97. The monoisotopic (exact) mass is 277 g/mol. The summed E-state index contributed by atoms with van der Waals surface area (Å²) in [5.74, 6) is 1.67. The number of carbonyl (C=O) groups is 2. The van der Waals surface area contributed by atoms with Crippen molar-refractivity contribution in [2.75, 3.05) is 20.1 Å². The van der Waals surface area contributed by atoms with Gasteiger partial charge in [-0.05, 0) is 64.1 Å². The Hall–Kier alpha value is -0.700. The number of Topliss-reactive ketones (excluding diaryl/α,β-unsaturated/α-hetero) is 2. The van der Waals surface area contributed by atoms with Crippen LogP contribution in [0.2, 0.25) is 0 Å². The number of nitrogens with zero attached hydrogens (tertiary/aromatic N) is 1. The molecular formula is C17H27NO2. The van der Waals surface area contributed by atoms with Crippen LogP contribution in [0, 0.1) is 23.2 Å². The molecule has 3 nitrogen and oxygen atoms in total. The molecule has 0 radical (unpaired) electrons. The molecule has 1 saturated heterocycles. The lowest BCUT2D eigenvalue weighted by Gasteiger charge is -2.43. The fraction of sp³-hybridized carbons (Fsp3) is 0.882.